The predicted octanol–water partition coefficient (Wildman–Crippen LogP) is 4.93. The van der Waals surface area contributed by atoms with Crippen molar-refractivity contribution in [3.8, 4) is 5.75 Å². The minimum Gasteiger partial charge on any atom is -0.484 e. The maximum atomic E-state index is 12.5. The van der Waals surface area contributed by atoms with Crippen molar-refractivity contribution >= 4 is 51.9 Å². The van der Waals surface area contributed by atoms with E-state index in [1.54, 1.807) is 17.0 Å². The summed E-state index contributed by atoms with van der Waals surface area (Å²) in [6, 6.07) is 13.1. The SMILES string of the molecule is Cc1ccc(NC(=O)COc2ccc(/C=C3\SC(=S)N(C(C)C)C3=O)cc2)cc1C. The average Bonchev–Trinajstić information content (AvgIpc) is 2.97. The van der Waals surface area contributed by atoms with Crippen molar-refractivity contribution in [2.75, 3.05) is 11.9 Å². The lowest BCUT2D eigenvalue weighted by Crippen LogP contribution is -2.34. The van der Waals surface area contributed by atoms with Gasteiger partial charge in [-0.3, -0.25) is 14.5 Å². The summed E-state index contributed by atoms with van der Waals surface area (Å²) < 4.78 is 6.15. The van der Waals surface area contributed by atoms with Crippen LogP contribution in [-0.4, -0.2) is 33.7 Å². The first-order valence-electron chi connectivity index (χ1n) is 9.61. The number of carbonyl (C=O) groups excluding carboxylic acids is 2. The third kappa shape index (κ3) is 5.29. The van der Waals surface area contributed by atoms with Crippen LogP contribution in [0.1, 0.15) is 30.5 Å². The average molecular weight is 441 g/mol. The molecule has 2 aromatic carbocycles. The Kier molecular flexibility index (Phi) is 6.95. The van der Waals surface area contributed by atoms with E-state index in [2.05, 4.69) is 5.32 Å². The maximum absolute atomic E-state index is 12.5. The third-order valence-electron chi connectivity index (χ3n) is 4.68. The summed E-state index contributed by atoms with van der Waals surface area (Å²) in [5, 5.41) is 2.83. The van der Waals surface area contributed by atoms with Gasteiger partial charge in [0, 0.05) is 11.7 Å². The molecule has 0 radical (unpaired) electrons. The number of anilines is 1. The first kappa shape index (κ1) is 22.1. The lowest BCUT2D eigenvalue weighted by Gasteiger charge is -2.18. The Labute approximate surface area is 186 Å². The standard InChI is InChI=1S/C23H24N2O3S2/c1-14(2)25-22(27)20(30-23(25)29)12-17-6-9-19(10-7-17)28-13-21(26)24-18-8-5-15(3)16(4)11-18/h5-12,14H,13H2,1-4H3,(H,24,26)/b20-12-. The van der Waals surface area contributed by atoms with E-state index in [0.717, 1.165) is 16.8 Å². The van der Waals surface area contributed by atoms with Gasteiger partial charge in [-0.2, -0.15) is 0 Å². The molecule has 2 aromatic rings. The second-order valence-electron chi connectivity index (χ2n) is 7.35. The number of aryl methyl sites for hydroxylation is 2. The second-order valence-corrected chi connectivity index (χ2v) is 9.03. The van der Waals surface area contributed by atoms with Crippen molar-refractivity contribution < 1.29 is 14.3 Å². The van der Waals surface area contributed by atoms with E-state index in [9.17, 15) is 9.59 Å². The van der Waals surface area contributed by atoms with Crippen LogP contribution in [0.4, 0.5) is 5.69 Å². The Bertz CT molecular complexity index is 1010. The van der Waals surface area contributed by atoms with Gasteiger partial charge in [-0.15, -0.1) is 0 Å². The number of amides is 2. The van der Waals surface area contributed by atoms with E-state index < -0.39 is 0 Å². The zero-order valence-corrected chi connectivity index (χ0v) is 19.0. The number of nitrogens with zero attached hydrogens (tertiary/aromatic N) is 1. The molecule has 30 heavy (non-hydrogen) atoms. The molecular weight excluding hydrogens is 416 g/mol. The number of hydrogen-bond acceptors (Lipinski definition) is 5. The van der Waals surface area contributed by atoms with Gasteiger partial charge in [0.15, 0.2) is 6.61 Å². The Hall–Kier alpha value is -2.64. The van der Waals surface area contributed by atoms with E-state index in [4.69, 9.17) is 17.0 Å². The highest BCUT2D eigenvalue weighted by molar-refractivity contribution is 8.26. The van der Waals surface area contributed by atoms with Crippen LogP contribution in [0, 0.1) is 13.8 Å². The summed E-state index contributed by atoms with van der Waals surface area (Å²) in [4.78, 5) is 26.8. The Morgan fingerprint density at radius 2 is 1.87 bits per heavy atom. The van der Waals surface area contributed by atoms with Gasteiger partial charge in [0.1, 0.15) is 10.1 Å². The zero-order chi connectivity index (χ0) is 21.8. The summed E-state index contributed by atoms with van der Waals surface area (Å²) in [5.41, 5.74) is 3.91. The van der Waals surface area contributed by atoms with Crippen molar-refractivity contribution in [3.63, 3.8) is 0 Å². The van der Waals surface area contributed by atoms with Crippen LogP contribution in [0.3, 0.4) is 0 Å². The summed E-state index contributed by atoms with van der Waals surface area (Å²) in [5.74, 6) is 0.292. The van der Waals surface area contributed by atoms with Crippen LogP contribution in [0.5, 0.6) is 5.75 Å². The topological polar surface area (TPSA) is 58.6 Å². The molecule has 0 spiro atoms. The molecule has 1 aliphatic heterocycles. The number of thiocarbonyl (C=S) groups is 1. The molecule has 0 bridgehead atoms. The molecule has 1 heterocycles. The van der Waals surface area contributed by atoms with E-state index in [1.165, 1.54) is 17.3 Å². The number of carbonyl (C=O) groups is 2. The second kappa shape index (κ2) is 9.45. The van der Waals surface area contributed by atoms with Gasteiger partial charge in [-0.1, -0.05) is 42.2 Å². The van der Waals surface area contributed by atoms with Crippen LogP contribution >= 0.6 is 24.0 Å². The van der Waals surface area contributed by atoms with Gasteiger partial charge in [0.05, 0.1) is 4.91 Å². The number of nitrogens with one attached hydrogen (secondary N) is 1. The van der Waals surface area contributed by atoms with Gasteiger partial charge in [-0.25, -0.2) is 0 Å². The van der Waals surface area contributed by atoms with Gasteiger partial charge >= 0.3 is 0 Å². The first-order chi connectivity index (χ1) is 14.2. The van der Waals surface area contributed by atoms with Gasteiger partial charge in [-0.05, 0) is 74.7 Å². The molecule has 7 heteroatoms. The van der Waals surface area contributed by atoms with Crippen LogP contribution in [0.15, 0.2) is 47.4 Å². The quantitative estimate of drug-likeness (QED) is 0.510. The summed E-state index contributed by atoms with van der Waals surface area (Å²) in [6.45, 7) is 7.83. The number of benzene rings is 2. The van der Waals surface area contributed by atoms with Gasteiger partial charge in [0.2, 0.25) is 0 Å². The fourth-order valence-corrected chi connectivity index (χ4v) is 4.43. The number of rotatable bonds is 6. The number of hydrogen-bond donors (Lipinski definition) is 1. The molecule has 1 N–H and O–H groups in total. The zero-order valence-electron chi connectivity index (χ0n) is 17.4. The fraction of sp³-hybridized carbons (Fsp3) is 0.261. The van der Waals surface area contributed by atoms with E-state index in [0.29, 0.717) is 15.0 Å². The molecule has 5 nitrogen and oxygen atoms in total. The minimum absolute atomic E-state index is 0.0362. The highest BCUT2D eigenvalue weighted by atomic mass is 32.2. The molecule has 1 fully saturated rings. The maximum Gasteiger partial charge on any atom is 0.266 e. The van der Waals surface area contributed by atoms with Crippen LogP contribution < -0.4 is 10.1 Å². The van der Waals surface area contributed by atoms with Crippen LogP contribution in [0.25, 0.3) is 6.08 Å². The van der Waals surface area contributed by atoms with E-state index in [1.807, 2.05) is 64.1 Å². The third-order valence-corrected chi connectivity index (χ3v) is 6.01. The van der Waals surface area contributed by atoms with Crippen molar-refractivity contribution in [3.05, 3.63) is 64.1 Å². The molecule has 1 saturated heterocycles. The molecular formula is C23H24N2O3S2. The van der Waals surface area contributed by atoms with Crippen molar-refractivity contribution in [2.45, 2.75) is 33.7 Å². The molecule has 2 amide bonds. The Balaban J connectivity index is 1.57. The molecule has 0 unspecified atom stereocenters. The molecule has 0 aromatic heterocycles. The monoisotopic (exact) mass is 440 g/mol. The Morgan fingerprint density at radius 3 is 2.47 bits per heavy atom. The fourth-order valence-electron chi connectivity index (χ4n) is 2.90. The lowest BCUT2D eigenvalue weighted by atomic mass is 10.1. The van der Waals surface area contributed by atoms with Gasteiger partial charge in [0.25, 0.3) is 11.8 Å². The van der Waals surface area contributed by atoms with Crippen LogP contribution in [0.2, 0.25) is 0 Å². The van der Waals surface area contributed by atoms with Crippen molar-refractivity contribution in [1.29, 1.82) is 0 Å². The Morgan fingerprint density at radius 1 is 1.17 bits per heavy atom. The summed E-state index contributed by atoms with van der Waals surface area (Å²) in [6.07, 6.45) is 1.82. The molecule has 156 valence electrons. The van der Waals surface area contributed by atoms with Gasteiger partial charge < -0.3 is 10.1 Å². The van der Waals surface area contributed by atoms with Crippen molar-refractivity contribution in [1.82, 2.24) is 4.90 Å². The molecule has 0 atom stereocenters. The smallest absolute Gasteiger partial charge is 0.266 e. The lowest BCUT2D eigenvalue weighted by molar-refractivity contribution is -0.123. The van der Waals surface area contributed by atoms with Crippen LogP contribution in [-0.2, 0) is 9.59 Å². The number of ether oxygens (including phenoxy) is 1. The predicted molar refractivity (Wildman–Crippen MR) is 127 cm³/mol. The van der Waals surface area contributed by atoms with Crippen molar-refractivity contribution in [2.24, 2.45) is 0 Å². The van der Waals surface area contributed by atoms with E-state index >= 15 is 0 Å². The highest BCUT2D eigenvalue weighted by Gasteiger charge is 2.33. The summed E-state index contributed by atoms with van der Waals surface area (Å²) >= 11 is 6.61. The first-order valence-corrected chi connectivity index (χ1v) is 10.8. The normalized spacial score (nSPS) is 15.2. The minimum atomic E-state index is -0.223. The highest BCUT2D eigenvalue weighted by Crippen LogP contribution is 2.34. The summed E-state index contributed by atoms with van der Waals surface area (Å²) in [7, 11) is 0. The number of thioether (sulfide) groups is 1. The molecule has 0 aliphatic carbocycles. The molecule has 0 saturated carbocycles. The molecule has 3 rings (SSSR count). The van der Waals surface area contributed by atoms with E-state index in [-0.39, 0.29) is 24.5 Å². The molecule has 1 aliphatic rings. The largest absolute Gasteiger partial charge is 0.484 e.